The molecule has 0 unspecified atom stereocenters. The van der Waals surface area contributed by atoms with Gasteiger partial charge in [0.2, 0.25) is 11.8 Å². The van der Waals surface area contributed by atoms with Gasteiger partial charge in [-0.3, -0.25) is 14.4 Å². The summed E-state index contributed by atoms with van der Waals surface area (Å²) in [5.41, 5.74) is 1.52. The quantitative estimate of drug-likeness (QED) is 0.579. The van der Waals surface area contributed by atoms with Gasteiger partial charge in [0.15, 0.2) is 0 Å². The minimum Gasteiger partial charge on any atom is -0.494 e. The first-order valence-corrected chi connectivity index (χ1v) is 11.3. The Morgan fingerprint density at radius 3 is 2.28 bits per heavy atom. The SMILES string of the molecule is CCOc1ccc(NC(=O)c2cccc(N3C(=O)[C@@H]4[C@H]5C=C[C@@H]([C@@H]6C[C@@H]56)[C@@H]4C3=O)c2)cc1. The Morgan fingerprint density at radius 1 is 1.00 bits per heavy atom. The summed E-state index contributed by atoms with van der Waals surface area (Å²) in [5.74, 6) is 1.21. The summed E-state index contributed by atoms with van der Waals surface area (Å²) >= 11 is 0. The van der Waals surface area contributed by atoms with E-state index in [2.05, 4.69) is 17.5 Å². The zero-order valence-corrected chi connectivity index (χ0v) is 17.7. The van der Waals surface area contributed by atoms with E-state index in [1.807, 2.05) is 6.92 Å². The van der Waals surface area contributed by atoms with Crippen LogP contribution in [0.4, 0.5) is 11.4 Å². The summed E-state index contributed by atoms with van der Waals surface area (Å²) in [6, 6.07) is 13.9. The highest BCUT2D eigenvalue weighted by molar-refractivity contribution is 6.23. The van der Waals surface area contributed by atoms with Crippen molar-refractivity contribution in [2.75, 3.05) is 16.8 Å². The number of hydrogen-bond donors (Lipinski definition) is 1. The van der Waals surface area contributed by atoms with E-state index in [1.165, 1.54) is 4.90 Å². The van der Waals surface area contributed by atoms with Crippen LogP contribution in [-0.2, 0) is 9.59 Å². The molecule has 0 radical (unpaired) electrons. The summed E-state index contributed by atoms with van der Waals surface area (Å²) in [6.45, 7) is 2.49. The molecule has 0 aromatic heterocycles. The second kappa shape index (κ2) is 7.05. The molecule has 1 N–H and O–H groups in total. The fourth-order valence-corrected chi connectivity index (χ4v) is 6.00. The zero-order chi connectivity index (χ0) is 22.0. The molecule has 2 saturated carbocycles. The van der Waals surface area contributed by atoms with Crippen LogP contribution in [-0.4, -0.2) is 24.3 Å². The maximum Gasteiger partial charge on any atom is 0.255 e. The minimum atomic E-state index is -0.296. The molecule has 3 fully saturated rings. The van der Waals surface area contributed by atoms with Crippen molar-refractivity contribution >= 4 is 29.1 Å². The van der Waals surface area contributed by atoms with E-state index in [-0.39, 0.29) is 41.4 Å². The second-order valence-electron chi connectivity index (χ2n) is 9.13. The van der Waals surface area contributed by atoms with Crippen LogP contribution in [0.3, 0.4) is 0 Å². The molecule has 162 valence electrons. The topological polar surface area (TPSA) is 75.7 Å². The van der Waals surface area contributed by atoms with Crippen LogP contribution in [0.5, 0.6) is 5.75 Å². The third-order valence-corrected chi connectivity index (χ3v) is 7.45. The molecule has 2 bridgehead atoms. The summed E-state index contributed by atoms with van der Waals surface area (Å²) in [5, 5.41) is 2.86. The molecule has 5 aliphatic rings. The van der Waals surface area contributed by atoms with Crippen LogP contribution < -0.4 is 15.0 Å². The Bertz CT molecular complexity index is 1120. The maximum absolute atomic E-state index is 13.3. The Balaban J connectivity index is 1.23. The van der Waals surface area contributed by atoms with E-state index in [4.69, 9.17) is 4.74 Å². The summed E-state index contributed by atoms with van der Waals surface area (Å²) in [4.78, 5) is 40.8. The standard InChI is InChI=1S/C26H24N2O4/c1-2-32-17-8-6-15(7-9-17)27-24(29)14-4-3-5-16(12-14)28-25(30)22-18-10-11-19(21-13-20(18)21)23(22)26(28)31/h3-12,18-23H,2,13H2,1H3,(H,27,29)/t18-,19-,20-,21-,22-,23+/m0/s1. The molecule has 1 saturated heterocycles. The number of ether oxygens (including phenoxy) is 1. The molecule has 6 atom stereocenters. The van der Waals surface area contributed by atoms with Gasteiger partial charge in [-0.05, 0) is 79.5 Å². The Hall–Kier alpha value is -3.41. The van der Waals surface area contributed by atoms with Gasteiger partial charge >= 0.3 is 0 Å². The van der Waals surface area contributed by atoms with Crippen LogP contribution in [0.1, 0.15) is 23.7 Å². The predicted octanol–water partition coefficient (Wildman–Crippen LogP) is 3.90. The number of nitrogens with one attached hydrogen (secondary N) is 1. The van der Waals surface area contributed by atoms with E-state index in [0.717, 1.165) is 12.2 Å². The van der Waals surface area contributed by atoms with Crippen molar-refractivity contribution in [2.45, 2.75) is 13.3 Å². The molecular formula is C26H24N2O4. The van der Waals surface area contributed by atoms with Gasteiger partial charge in [-0.25, -0.2) is 4.90 Å². The van der Waals surface area contributed by atoms with Crippen molar-refractivity contribution in [1.29, 1.82) is 0 Å². The molecule has 6 nitrogen and oxygen atoms in total. The average molecular weight is 428 g/mol. The van der Waals surface area contributed by atoms with Gasteiger partial charge in [0.05, 0.1) is 24.1 Å². The smallest absolute Gasteiger partial charge is 0.255 e. The van der Waals surface area contributed by atoms with Crippen LogP contribution in [0.25, 0.3) is 0 Å². The highest BCUT2D eigenvalue weighted by atomic mass is 16.5. The second-order valence-corrected chi connectivity index (χ2v) is 9.13. The normalized spacial score (nSPS) is 31.3. The lowest BCUT2D eigenvalue weighted by molar-refractivity contribution is -0.124. The molecular weight excluding hydrogens is 404 g/mol. The lowest BCUT2D eigenvalue weighted by Crippen LogP contribution is -2.40. The molecule has 7 rings (SSSR count). The Kier molecular flexibility index (Phi) is 4.25. The van der Waals surface area contributed by atoms with E-state index < -0.39 is 0 Å². The number of amides is 3. The first kappa shape index (κ1) is 19.3. The van der Waals surface area contributed by atoms with Crippen molar-refractivity contribution in [2.24, 2.45) is 35.5 Å². The van der Waals surface area contributed by atoms with Gasteiger partial charge in [-0.2, -0.15) is 0 Å². The van der Waals surface area contributed by atoms with Crippen molar-refractivity contribution in [3.05, 3.63) is 66.2 Å². The molecule has 32 heavy (non-hydrogen) atoms. The summed E-state index contributed by atoms with van der Waals surface area (Å²) < 4.78 is 5.43. The third-order valence-electron chi connectivity index (χ3n) is 7.45. The van der Waals surface area contributed by atoms with Gasteiger partial charge in [0.1, 0.15) is 5.75 Å². The fourth-order valence-electron chi connectivity index (χ4n) is 6.00. The largest absolute Gasteiger partial charge is 0.494 e. The number of imide groups is 1. The van der Waals surface area contributed by atoms with Gasteiger partial charge in [-0.15, -0.1) is 0 Å². The molecule has 2 aromatic rings. The molecule has 6 heteroatoms. The number of rotatable bonds is 5. The highest BCUT2D eigenvalue weighted by Crippen LogP contribution is 2.65. The van der Waals surface area contributed by atoms with Gasteiger partial charge in [0, 0.05) is 11.3 Å². The maximum atomic E-state index is 13.3. The number of hydrogen-bond acceptors (Lipinski definition) is 4. The number of carbonyl (C=O) groups is 3. The molecule has 2 aromatic carbocycles. The van der Waals surface area contributed by atoms with Crippen molar-refractivity contribution in [3.8, 4) is 5.75 Å². The summed E-state index contributed by atoms with van der Waals surface area (Å²) in [7, 11) is 0. The van der Waals surface area contributed by atoms with Crippen LogP contribution in [0.2, 0.25) is 0 Å². The first-order chi connectivity index (χ1) is 15.6. The van der Waals surface area contributed by atoms with Gasteiger partial charge in [-0.1, -0.05) is 18.2 Å². The lowest BCUT2D eigenvalue weighted by atomic mass is 9.63. The van der Waals surface area contributed by atoms with Crippen molar-refractivity contribution < 1.29 is 19.1 Å². The number of allylic oxidation sites excluding steroid dienone is 2. The monoisotopic (exact) mass is 428 g/mol. The van der Waals surface area contributed by atoms with E-state index in [1.54, 1.807) is 48.5 Å². The number of nitrogens with zero attached hydrogens (tertiary/aromatic N) is 1. The number of carbonyl (C=O) groups excluding carboxylic acids is 3. The van der Waals surface area contributed by atoms with E-state index in [9.17, 15) is 14.4 Å². The molecule has 1 aliphatic heterocycles. The Morgan fingerprint density at radius 2 is 1.66 bits per heavy atom. The molecule has 4 aliphatic carbocycles. The van der Waals surface area contributed by atoms with Crippen LogP contribution >= 0.6 is 0 Å². The van der Waals surface area contributed by atoms with E-state index in [0.29, 0.717) is 35.4 Å². The fraction of sp³-hybridized carbons (Fsp3) is 0.346. The molecule has 0 spiro atoms. The molecule has 1 heterocycles. The lowest BCUT2D eigenvalue weighted by Gasteiger charge is -2.37. The van der Waals surface area contributed by atoms with Crippen molar-refractivity contribution in [3.63, 3.8) is 0 Å². The van der Waals surface area contributed by atoms with Gasteiger partial charge < -0.3 is 10.1 Å². The van der Waals surface area contributed by atoms with Crippen molar-refractivity contribution in [1.82, 2.24) is 0 Å². The minimum absolute atomic E-state index is 0.117. The third kappa shape index (κ3) is 2.82. The van der Waals surface area contributed by atoms with Crippen LogP contribution in [0, 0.1) is 35.5 Å². The molecule has 3 amide bonds. The average Bonchev–Trinajstić information content (AvgIpc) is 3.59. The number of benzene rings is 2. The first-order valence-electron chi connectivity index (χ1n) is 11.3. The summed E-state index contributed by atoms with van der Waals surface area (Å²) in [6.07, 6.45) is 5.46. The van der Waals surface area contributed by atoms with E-state index >= 15 is 0 Å². The number of anilines is 2. The van der Waals surface area contributed by atoms with Gasteiger partial charge in [0.25, 0.3) is 5.91 Å². The Labute approximate surface area is 186 Å². The highest BCUT2D eigenvalue weighted by Gasteiger charge is 2.67. The van der Waals surface area contributed by atoms with Crippen LogP contribution in [0.15, 0.2) is 60.7 Å². The zero-order valence-electron chi connectivity index (χ0n) is 17.7. The predicted molar refractivity (Wildman–Crippen MR) is 119 cm³/mol.